The van der Waals surface area contributed by atoms with Gasteiger partial charge in [0.15, 0.2) is 10.8 Å². The molecule has 2 atom stereocenters. The molecular formula is C19H18ClN9O7S3. The fourth-order valence-electron chi connectivity index (χ4n) is 3.39. The number of amides is 2. The quantitative estimate of drug-likeness (QED) is 0.0790. The molecule has 2 aliphatic rings. The van der Waals surface area contributed by atoms with Crippen molar-refractivity contribution in [2.24, 2.45) is 5.16 Å². The molecule has 16 nitrogen and oxygen atoms in total. The maximum absolute atomic E-state index is 13.0. The first-order chi connectivity index (χ1) is 18.2. The van der Waals surface area contributed by atoms with E-state index < -0.39 is 41.8 Å². The number of aromatic nitrogens is 5. The number of terminal acetylenes is 1. The number of halogens is 1. The number of β-lactam (4-membered cyclic amide) rings is 1. The first kappa shape index (κ1) is 29.7. The highest BCUT2D eigenvalue weighted by Crippen LogP contribution is 2.41. The average molecular weight is 616 g/mol. The van der Waals surface area contributed by atoms with Gasteiger partial charge in [-0.05, 0) is 16.0 Å². The Morgan fingerprint density at radius 3 is 2.79 bits per heavy atom. The summed E-state index contributed by atoms with van der Waals surface area (Å²) >= 11 is 3.46. The van der Waals surface area contributed by atoms with Crippen LogP contribution in [0.1, 0.15) is 5.69 Å². The van der Waals surface area contributed by atoms with Crippen LogP contribution in [0.4, 0.5) is 5.13 Å². The molecule has 2 aromatic heterocycles. The van der Waals surface area contributed by atoms with E-state index in [4.69, 9.17) is 17.3 Å². The normalized spacial score (nSPS) is 18.4. The highest BCUT2D eigenvalue weighted by Gasteiger charge is 2.54. The van der Waals surface area contributed by atoms with Gasteiger partial charge in [-0.1, -0.05) is 22.8 Å². The molecule has 2 unspecified atom stereocenters. The van der Waals surface area contributed by atoms with Crippen molar-refractivity contribution >= 4 is 81.9 Å². The maximum Gasteiger partial charge on any atom is 0.352 e. The number of carboxylic acids is 2. The molecule has 0 aromatic carbocycles. The van der Waals surface area contributed by atoms with Gasteiger partial charge in [-0.2, -0.15) is 0 Å². The van der Waals surface area contributed by atoms with Crippen LogP contribution in [0.25, 0.3) is 0 Å². The second-order valence-corrected chi connectivity index (χ2v) is 10.3. The number of tetrazole rings is 1. The molecule has 2 amide bonds. The average Bonchev–Trinajstić information content (AvgIpc) is 3.51. The summed E-state index contributed by atoms with van der Waals surface area (Å²) in [6.45, 7) is -0.670. The van der Waals surface area contributed by atoms with Crippen molar-refractivity contribution in [3.8, 4) is 12.3 Å². The second-order valence-electron chi connectivity index (χ2n) is 7.41. The van der Waals surface area contributed by atoms with E-state index in [1.807, 2.05) is 0 Å². The Morgan fingerprint density at radius 1 is 1.38 bits per heavy atom. The summed E-state index contributed by atoms with van der Waals surface area (Å²) < 4.78 is 1.39. The number of carbonyl (C=O) groups excluding carboxylic acids is 2. The van der Waals surface area contributed by atoms with Crippen LogP contribution in [0.3, 0.4) is 0 Å². The van der Waals surface area contributed by atoms with E-state index in [0.717, 1.165) is 16.2 Å². The molecule has 20 heteroatoms. The number of anilines is 1. The molecule has 1 fully saturated rings. The molecule has 0 aliphatic carbocycles. The number of hydrogen-bond acceptors (Lipinski definition) is 14. The minimum atomic E-state index is -1.32. The van der Waals surface area contributed by atoms with Crippen molar-refractivity contribution < 1.29 is 34.2 Å². The Balaban J connectivity index is 0.00000420. The lowest BCUT2D eigenvalue weighted by atomic mass is 10.0. The number of aliphatic carboxylic acids is 2. The van der Waals surface area contributed by atoms with Gasteiger partial charge in [0.2, 0.25) is 11.8 Å². The van der Waals surface area contributed by atoms with Gasteiger partial charge in [-0.25, -0.2) is 19.3 Å². The Hall–Kier alpha value is -3.86. The van der Waals surface area contributed by atoms with Gasteiger partial charge in [0, 0.05) is 16.9 Å². The van der Waals surface area contributed by atoms with E-state index in [9.17, 15) is 24.3 Å². The largest absolute Gasteiger partial charge is 0.479 e. The molecule has 4 rings (SSSR count). The maximum atomic E-state index is 13.0. The number of nitrogens with zero attached hydrogens (tertiary/aromatic N) is 7. The Labute approximate surface area is 237 Å². The van der Waals surface area contributed by atoms with E-state index in [-0.39, 0.29) is 52.7 Å². The summed E-state index contributed by atoms with van der Waals surface area (Å²) in [5.41, 5.74) is 5.54. The van der Waals surface area contributed by atoms with Gasteiger partial charge in [-0.15, -0.1) is 47.0 Å². The van der Waals surface area contributed by atoms with Crippen molar-refractivity contribution in [3.05, 3.63) is 22.3 Å². The first-order valence-corrected chi connectivity index (χ1v) is 13.3. The van der Waals surface area contributed by atoms with E-state index in [2.05, 4.69) is 41.7 Å². The molecule has 206 valence electrons. The topological polar surface area (TPSA) is 228 Å². The Kier molecular flexibility index (Phi) is 9.74. The summed E-state index contributed by atoms with van der Waals surface area (Å²) in [7, 11) is 0. The summed E-state index contributed by atoms with van der Waals surface area (Å²) in [5.74, 6) is -1.26. The highest BCUT2D eigenvalue weighted by atomic mass is 35.5. The van der Waals surface area contributed by atoms with Crippen LogP contribution in [0.5, 0.6) is 0 Å². The molecule has 2 aliphatic heterocycles. The number of nitrogens with two attached hydrogens (primary N) is 1. The van der Waals surface area contributed by atoms with Gasteiger partial charge < -0.3 is 26.1 Å². The fraction of sp³-hybridized carbons (Fsp3) is 0.316. The van der Waals surface area contributed by atoms with Crippen LogP contribution >= 0.6 is 47.3 Å². The predicted molar refractivity (Wildman–Crippen MR) is 141 cm³/mol. The minimum absolute atomic E-state index is 0. The third kappa shape index (κ3) is 6.42. The lowest BCUT2D eigenvalue weighted by Gasteiger charge is -2.49. The number of oxime groups is 1. The van der Waals surface area contributed by atoms with E-state index >= 15 is 0 Å². The Bertz CT molecular complexity index is 1400. The predicted octanol–water partition coefficient (Wildman–Crippen LogP) is -0.897. The molecule has 0 spiro atoms. The number of rotatable bonds is 11. The van der Waals surface area contributed by atoms with E-state index in [0.29, 0.717) is 10.7 Å². The number of carbonyl (C=O) groups is 4. The molecule has 1 saturated heterocycles. The van der Waals surface area contributed by atoms with E-state index in [1.165, 1.54) is 33.6 Å². The molecule has 39 heavy (non-hydrogen) atoms. The van der Waals surface area contributed by atoms with Crippen molar-refractivity contribution in [3.63, 3.8) is 0 Å². The van der Waals surface area contributed by atoms with Crippen molar-refractivity contribution in [1.29, 1.82) is 0 Å². The first-order valence-electron chi connectivity index (χ1n) is 10.4. The van der Waals surface area contributed by atoms with Crippen LogP contribution in [-0.2, 0) is 30.6 Å². The SMILES string of the molecule is C#CCn1nnnc1SCC1=C(C(=O)O)N2C(=O)C(NC(=O)/C(=N/OCC(=O)O)c3csc(N)n3)C2SC1.Cl. The summed E-state index contributed by atoms with van der Waals surface area (Å²) in [6, 6.07) is -1.07. The van der Waals surface area contributed by atoms with Crippen LogP contribution in [0.2, 0.25) is 0 Å². The van der Waals surface area contributed by atoms with Crippen molar-refractivity contribution in [2.45, 2.75) is 23.1 Å². The van der Waals surface area contributed by atoms with Gasteiger partial charge in [-0.3, -0.25) is 14.5 Å². The standard InChI is InChI=1S/C19H17N9O7S3.ClH/c1-2-3-27-19(23-25-26-27)38-6-8-5-36-16-12(15(32)28(16)13(8)17(33)34)22-14(31)11(24-35-4-10(29)30)9-7-37-18(20)21-9;/h1,7,12,16H,3-6H2,(H2,20,21)(H,22,31)(H,29,30)(H,33,34);1H/b24-11+;. The fourth-order valence-corrected chi connectivity index (χ4v) is 6.30. The third-order valence-electron chi connectivity index (χ3n) is 4.98. The zero-order valence-electron chi connectivity index (χ0n) is 19.4. The number of hydrogen-bond donors (Lipinski definition) is 4. The molecule has 0 saturated carbocycles. The summed E-state index contributed by atoms with van der Waals surface area (Å²) in [6.07, 6.45) is 5.30. The molecule has 0 bridgehead atoms. The molecule has 4 heterocycles. The van der Waals surface area contributed by atoms with Gasteiger partial charge in [0.05, 0.1) is 0 Å². The van der Waals surface area contributed by atoms with Crippen LogP contribution in [-0.4, -0.2) is 99.3 Å². The highest BCUT2D eigenvalue weighted by molar-refractivity contribution is 8.01. The number of thioether (sulfide) groups is 2. The number of fused-ring (bicyclic) bond motifs is 1. The zero-order chi connectivity index (χ0) is 27.4. The van der Waals surface area contributed by atoms with Crippen molar-refractivity contribution in [1.82, 2.24) is 35.4 Å². The lowest BCUT2D eigenvalue weighted by Crippen LogP contribution is -2.71. The second kappa shape index (κ2) is 12.8. The molecule has 0 radical (unpaired) electrons. The van der Waals surface area contributed by atoms with Gasteiger partial charge in [0.25, 0.3) is 11.8 Å². The molecule has 5 N–H and O–H groups in total. The van der Waals surface area contributed by atoms with E-state index in [1.54, 1.807) is 0 Å². The zero-order valence-corrected chi connectivity index (χ0v) is 22.7. The number of nitrogen functional groups attached to an aromatic ring is 1. The molecular weight excluding hydrogens is 598 g/mol. The van der Waals surface area contributed by atoms with Crippen LogP contribution in [0, 0.1) is 12.3 Å². The minimum Gasteiger partial charge on any atom is -0.479 e. The lowest BCUT2D eigenvalue weighted by molar-refractivity contribution is -0.150. The summed E-state index contributed by atoms with van der Waals surface area (Å²) in [5, 5.41) is 37.1. The molecule has 2 aromatic rings. The summed E-state index contributed by atoms with van der Waals surface area (Å²) in [4.78, 5) is 58.5. The smallest absolute Gasteiger partial charge is 0.352 e. The van der Waals surface area contributed by atoms with Gasteiger partial charge >= 0.3 is 11.9 Å². The monoisotopic (exact) mass is 615 g/mol. The number of nitrogens with one attached hydrogen (secondary N) is 1. The van der Waals surface area contributed by atoms with Crippen molar-refractivity contribution in [2.75, 3.05) is 23.8 Å². The Morgan fingerprint density at radius 2 is 2.15 bits per heavy atom. The van der Waals surface area contributed by atoms with Gasteiger partial charge in [0.1, 0.15) is 29.4 Å². The number of thiazole rings is 1. The third-order valence-corrected chi connectivity index (χ3v) is 8.03. The van der Waals surface area contributed by atoms with Crippen LogP contribution < -0.4 is 11.1 Å². The van der Waals surface area contributed by atoms with Crippen LogP contribution in [0.15, 0.2) is 27.0 Å². The number of carboxylic acid groups (broad SMARTS) is 2.